The van der Waals surface area contributed by atoms with Gasteiger partial charge in [0.25, 0.3) is 0 Å². The summed E-state index contributed by atoms with van der Waals surface area (Å²) < 4.78 is 9.89. The Balaban J connectivity index is 0.000000202. The third kappa shape index (κ3) is 7.94. The maximum atomic E-state index is 9.43. The molecule has 0 unspecified atom stereocenters. The molecule has 6 heteroatoms. The van der Waals surface area contributed by atoms with Crippen LogP contribution in [0, 0.1) is 0 Å². The molecule has 0 aromatic heterocycles. The van der Waals surface area contributed by atoms with Crippen LogP contribution in [0.1, 0.15) is 0 Å². The molecule has 0 spiro atoms. The van der Waals surface area contributed by atoms with E-state index in [1.165, 1.54) is 0 Å². The van der Waals surface area contributed by atoms with Gasteiger partial charge in [0.2, 0.25) is 0 Å². The van der Waals surface area contributed by atoms with E-state index in [9.17, 15) is 9.59 Å². The minimum Gasteiger partial charge on any atom is -0.377 e. The zero-order chi connectivity index (χ0) is 9.40. The standard InChI is InChI=1S/C4H8O2.C2Cl2O2/c1-2-6-4-3-5-1;3-1(5)2(4)6/h1-4H2;. The normalized spacial score (nSPS) is 15.8. The van der Waals surface area contributed by atoms with Crippen molar-refractivity contribution in [2.45, 2.75) is 0 Å². The molecule has 0 N–H and O–H groups in total. The molecule has 0 bridgehead atoms. The van der Waals surface area contributed by atoms with Crippen LogP contribution in [0.3, 0.4) is 0 Å². The topological polar surface area (TPSA) is 52.6 Å². The molecule has 1 aliphatic rings. The molecule has 0 amide bonds. The summed E-state index contributed by atoms with van der Waals surface area (Å²) in [6.45, 7) is 3.11. The Morgan fingerprint density at radius 2 is 1.08 bits per heavy atom. The monoisotopic (exact) mass is 214 g/mol. The van der Waals surface area contributed by atoms with Gasteiger partial charge in [-0.05, 0) is 23.2 Å². The molecule has 4 nitrogen and oxygen atoms in total. The van der Waals surface area contributed by atoms with Gasteiger partial charge in [-0.25, -0.2) is 0 Å². The van der Waals surface area contributed by atoms with Gasteiger partial charge in [-0.15, -0.1) is 0 Å². The maximum Gasteiger partial charge on any atom is 0.304 e. The Hall–Kier alpha value is -0.160. The minimum absolute atomic E-state index is 0.778. The molecule has 1 heterocycles. The van der Waals surface area contributed by atoms with E-state index in [-0.39, 0.29) is 0 Å². The second-order valence-corrected chi connectivity index (χ2v) is 2.46. The fourth-order valence-electron chi connectivity index (χ4n) is 0.440. The second-order valence-electron chi connectivity index (χ2n) is 1.77. The molecule has 1 rings (SSSR count). The van der Waals surface area contributed by atoms with E-state index >= 15 is 0 Å². The summed E-state index contributed by atoms with van der Waals surface area (Å²) in [6, 6.07) is 0. The van der Waals surface area contributed by atoms with Crippen LogP contribution in [0.15, 0.2) is 0 Å². The summed E-state index contributed by atoms with van der Waals surface area (Å²) in [6.07, 6.45) is 0. The quantitative estimate of drug-likeness (QED) is 0.473. The van der Waals surface area contributed by atoms with Gasteiger partial charge in [0.05, 0.1) is 26.4 Å². The first-order valence-corrected chi connectivity index (χ1v) is 3.95. The van der Waals surface area contributed by atoms with Gasteiger partial charge in [0.1, 0.15) is 0 Å². The molecule has 0 radical (unpaired) electrons. The molecule has 1 saturated heterocycles. The predicted octanol–water partition coefficient (Wildman–Crippen LogP) is 0.550. The number of carbonyl (C=O) groups is 2. The molecule has 12 heavy (non-hydrogen) atoms. The first-order chi connectivity index (χ1) is 5.64. The first-order valence-electron chi connectivity index (χ1n) is 3.19. The summed E-state index contributed by atoms with van der Waals surface area (Å²) in [4.78, 5) is 18.9. The molecule has 70 valence electrons. The van der Waals surface area contributed by atoms with Crippen molar-refractivity contribution >= 4 is 33.7 Å². The Morgan fingerprint density at radius 3 is 1.17 bits per heavy atom. The van der Waals surface area contributed by atoms with Crippen molar-refractivity contribution in [3.8, 4) is 0 Å². The maximum absolute atomic E-state index is 9.43. The van der Waals surface area contributed by atoms with Gasteiger partial charge >= 0.3 is 10.5 Å². The molecular formula is C6H8Cl2O4. The van der Waals surface area contributed by atoms with Crippen molar-refractivity contribution in [3.63, 3.8) is 0 Å². The number of rotatable bonds is 1. The lowest BCUT2D eigenvalue weighted by Gasteiger charge is -2.09. The summed E-state index contributed by atoms with van der Waals surface area (Å²) in [7, 11) is 0. The van der Waals surface area contributed by atoms with Crippen LogP contribution in [0.2, 0.25) is 0 Å². The Morgan fingerprint density at radius 1 is 0.833 bits per heavy atom. The fraction of sp³-hybridized carbons (Fsp3) is 0.667. The van der Waals surface area contributed by atoms with Crippen LogP contribution in [0.4, 0.5) is 0 Å². The number of hydrogen-bond acceptors (Lipinski definition) is 4. The van der Waals surface area contributed by atoms with Crippen molar-refractivity contribution in [1.82, 2.24) is 0 Å². The molecule has 0 atom stereocenters. The smallest absolute Gasteiger partial charge is 0.304 e. The number of hydrogen-bond donors (Lipinski definition) is 0. The molecule has 0 aliphatic carbocycles. The third-order valence-electron chi connectivity index (χ3n) is 0.899. The lowest BCUT2D eigenvalue weighted by molar-refractivity contribution is -0.127. The van der Waals surface area contributed by atoms with Gasteiger partial charge in [-0.3, -0.25) is 9.59 Å². The van der Waals surface area contributed by atoms with Crippen molar-refractivity contribution < 1.29 is 19.1 Å². The van der Waals surface area contributed by atoms with Gasteiger partial charge in [-0.1, -0.05) is 0 Å². The highest BCUT2D eigenvalue weighted by atomic mass is 35.5. The lowest BCUT2D eigenvalue weighted by atomic mass is 10.6. The first kappa shape index (κ1) is 11.8. The van der Waals surface area contributed by atoms with Crippen molar-refractivity contribution in [3.05, 3.63) is 0 Å². The van der Waals surface area contributed by atoms with Gasteiger partial charge in [-0.2, -0.15) is 0 Å². The van der Waals surface area contributed by atoms with Crippen molar-refractivity contribution in [2.24, 2.45) is 0 Å². The zero-order valence-corrected chi connectivity index (χ0v) is 7.73. The molecule has 0 aromatic carbocycles. The van der Waals surface area contributed by atoms with Gasteiger partial charge in [0.15, 0.2) is 0 Å². The highest BCUT2D eigenvalue weighted by Gasteiger charge is 2.01. The SMILES string of the molecule is C1COCCO1.O=C(Cl)C(=O)Cl. The molecule has 1 fully saturated rings. The molecule has 0 saturated carbocycles. The van der Waals surface area contributed by atoms with Crippen molar-refractivity contribution in [1.29, 1.82) is 0 Å². The second kappa shape index (κ2) is 7.49. The Kier molecular flexibility index (Phi) is 7.39. The minimum atomic E-state index is -1.14. The van der Waals surface area contributed by atoms with E-state index in [0.717, 1.165) is 26.4 Å². The van der Waals surface area contributed by atoms with Gasteiger partial charge < -0.3 is 9.47 Å². The fourth-order valence-corrected chi connectivity index (χ4v) is 0.440. The van der Waals surface area contributed by atoms with E-state index in [0.29, 0.717) is 0 Å². The predicted molar refractivity (Wildman–Crippen MR) is 43.4 cm³/mol. The van der Waals surface area contributed by atoms with Crippen molar-refractivity contribution in [2.75, 3.05) is 26.4 Å². The van der Waals surface area contributed by atoms with E-state index in [4.69, 9.17) is 9.47 Å². The van der Waals surface area contributed by atoms with Crippen LogP contribution in [-0.2, 0) is 19.1 Å². The van der Waals surface area contributed by atoms with E-state index in [1.807, 2.05) is 0 Å². The summed E-state index contributed by atoms with van der Waals surface area (Å²) in [5, 5.41) is -2.28. The Labute approximate surface area is 79.7 Å². The largest absolute Gasteiger partial charge is 0.377 e. The van der Waals surface area contributed by atoms with Crippen LogP contribution in [-0.4, -0.2) is 36.9 Å². The van der Waals surface area contributed by atoms with Crippen LogP contribution < -0.4 is 0 Å². The van der Waals surface area contributed by atoms with Crippen LogP contribution >= 0.6 is 23.2 Å². The highest BCUT2D eigenvalue weighted by Crippen LogP contribution is 1.85. The average Bonchev–Trinajstić information content (AvgIpc) is 2.08. The van der Waals surface area contributed by atoms with E-state index in [2.05, 4.69) is 23.2 Å². The average molecular weight is 215 g/mol. The zero-order valence-electron chi connectivity index (χ0n) is 6.22. The number of halogens is 2. The number of ether oxygens (including phenoxy) is 2. The van der Waals surface area contributed by atoms with Crippen LogP contribution in [0.5, 0.6) is 0 Å². The lowest BCUT2D eigenvalue weighted by Crippen LogP contribution is -2.16. The molecule has 0 aromatic rings. The molecular weight excluding hydrogens is 207 g/mol. The molecule has 1 aliphatic heterocycles. The third-order valence-corrected chi connectivity index (χ3v) is 1.34. The summed E-state index contributed by atoms with van der Waals surface area (Å²) in [5.41, 5.74) is 0. The Bertz CT molecular complexity index is 132. The van der Waals surface area contributed by atoms with Crippen LogP contribution in [0.25, 0.3) is 0 Å². The summed E-state index contributed by atoms with van der Waals surface area (Å²) in [5.74, 6) is 0. The summed E-state index contributed by atoms with van der Waals surface area (Å²) >= 11 is 8.98. The van der Waals surface area contributed by atoms with E-state index in [1.54, 1.807) is 0 Å². The van der Waals surface area contributed by atoms with E-state index < -0.39 is 10.5 Å². The number of carbonyl (C=O) groups excluding carboxylic acids is 2. The van der Waals surface area contributed by atoms with Gasteiger partial charge in [0, 0.05) is 0 Å². The highest BCUT2D eigenvalue weighted by molar-refractivity contribution is 6.97.